The quantitative estimate of drug-likeness (QED) is 0.875. The molecule has 1 aliphatic rings. The summed E-state index contributed by atoms with van der Waals surface area (Å²) in [6.07, 6.45) is 0. The molecule has 2 N–H and O–H groups in total. The van der Waals surface area contributed by atoms with Gasteiger partial charge in [-0.15, -0.1) is 11.3 Å². The molecule has 6 nitrogen and oxygen atoms in total. The lowest BCUT2D eigenvalue weighted by Gasteiger charge is -2.36. The second-order valence-corrected chi connectivity index (χ2v) is 8.59. The van der Waals surface area contributed by atoms with Crippen LogP contribution in [0.3, 0.4) is 0 Å². The van der Waals surface area contributed by atoms with Crippen LogP contribution in [0, 0.1) is 0 Å². The van der Waals surface area contributed by atoms with Crippen molar-refractivity contribution in [1.29, 1.82) is 0 Å². The number of primary sulfonamides is 1. The van der Waals surface area contributed by atoms with Crippen LogP contribution in [0.2, 0.25) is 5.02 Å². The summed E-state index contributed by atoms with van der Waals surface area (Å²) in [5.41, 5.74) is 1.39. The van der Waals surface area contributed by atoms with Gasteiger partial charge in [-0.1, -0.05) is 17.7 Å². The minimum atomic E-state index is -3.77. The zero-order valence-electron chi connectivity index (χ0n) is 12.7. The Morgan fingerprint density at radius 1 is 1.17 bits per heavy atom. The van der Waals surface area contributed by atoms with Crippen molar-refractivity contribution in [1.82, 2.24) is 4.90 Å². The number of amides is 1. The second kappa shape index (κ2) is 6.72. The first-order valence-corrected chi connectivity index (χ1v) is 10.1. The third-order valence-corrected chi connectivity index (χ3v) is 6.46. The average molecular weight is 386 g/mol. The fourth-order valence-electron chi connectivity index (χ4n) is 2.60. The minimum absolute atomic E-state index is 0.00316. The fraction of sp³-hybridized carbons (Fsp3) is 0.267. The molecule has 0 atom stereocenters. The van der Waals surface area contributed by atoms with E-state index in [9.17, 15) is 13.2 Å². The zero-order valence-corrected chi connectivity index (χ0v) is 15.1. The van der Waals surface area contributed by atoms with E-state index in [1.807, 2.05) is 24.3 Å². The van der Waals surface area contributed by atoms with Crippen molar-refractivity contribution in [2.45, 2.75) is 4.21 Å². The van der Waals surface area contributed by atoms with E-state index in [-0.39, 0.29) is 10.1 Å². The summed E-state index contributed by atoms with van der Waals surface area (Å²) >= 11 is 6.98. The van der Waals surface area contributed by atoms with Crippen LogP contribution in [0.25, 0.3) is 0 Å². The van der Waals surface area contributed by atoms with E-state index in [1.165, 1.54) is 11.4 Å². The number of hydrogen-bond acceptors (Lipinski definition) is 5. The number of carbonyl (C=O) groups is 1. The van der Waals surface area contributed by atoms with E-state index in [4.69, 9.17) is 16.7 Å². The monoisotopic (exact) mass is 385 g/mol. The molecule has 0 spiro atoms. The van der Waals surface area contributed by atoms with E-state index < -0.39 is 10.0 Å². The fourth-order valence-corrected chi connectivity index (χ4v) is 4.36. The van der Waals surface area contributed by atoms with Crippen LogP contribution >= 0.6 is 22.9 Å². The van der Waals surface area contributed by atoms with Crippen molar-refractivity contribution in [3.05, 3.63) is 46.3 Å². The molecule has 1 saturated heterocycles. The van der Waals surface area contributed by atoms with Crippen molar-refractivity contribution in [2.24, 2.45) is 5.14 Å². The average Bonchev–Trinajstić information content (AvgIpc) is 3.04. The Morgan fingerprint density at radius 3 is 2.46 bits per heavy atom. The van der Waals surface area contributed by atoms with Gasteiger partial charge in [0.1, 0.15) is 4.21 Å². The highest BCUT2D eigenvalue weighted by molar-refractivity contribution is 7.91. The molecular weight excluding hydrogens is 370 g/mol. The minimum Gasteiger partial charge on any atom is -0.368 e. The van der Waals surface area contributed by atoms with Gasteiger partial charge >= 0.3 is 0 Å². The van der Waals surface area contributed by atoms with E-state index in [1.54, 1.807) is 4.90 Å². The zero-order chi connectivity index (χ0) is 17.3. The number of halogens is 1. The third kappa shape index (κ3) is 3.72. The molecule has 9 heteroatoms. The number of rotatable bonds is 3. The first-order valence-electron chi connectivity index (χ1n) is 7.26. The molecule has 0 unspecified atom stereocenters. The van der Waals surface area contributed by atoms with Crippen LogP contribution in [0.1, 0.15) is 10.4 Å². The highest BCUT2D eigenvalue weighted by Gasteiger charge is 2.24. The Bertz CT molecular complexity index is 858. The molecule has 24 heavy (non-hydrogen) atoms. The molecule has 0 aliphatic carbocycles. The predicted molar refractivity (Wildman–Crippen MR) is 95.3 cm³/mol. The molecule has 1 aromatic carbocycles. The van der Waals surface area contributed by atoms with Gasteiger partial charge in [-0.2, -0.15) is 0 Å². The number of nitrogens with zero attached hydrogens (tertiary/aromatic N) is 2. The van der Waals surface area contributed by atoms with Crippen LogP contribution in [-0.2, 0) is 10.0 Å². The number of carbonyl (C=O) groups excluding carboxylic acids is 1. The summed E-state index contributed by atoms with van der Waals surface area (Å²) < 4.78 is 22.6. The van der Waals surface area contributed by atoms with E-state index in [2.05, 4.69) is 4.90 Å². The molecule has 0 saturated carbocycles. The smallest absolute Gasteiger partial charge is 0.254 e. The number of piperazine rings is 1. The summed E-state index contributed by atoms with van der Waals surface area (Å²) in [5, 5.41) is 7.30. The van der Waals surface area contributed by atoms with E-state index in [0.717, 1.165) is 17.0 Å². The van der Waals surface area contributed by atoms with Gasteiger partial charge in [0.25, 0.3) is 5.91 Å². The Hall–Kier alpha value is -1.61. The van der Waals surface area contributed by atoms with Gasteiger partial charge in [0.05, 0.1) is 5.56 Å². The second-order valence-electron chi connectivity index (χ2n) is 5.46. The van der Waals surface area contributed by atoms with Crippen LogP contribution < -0.4 is 10.0 Å². The summed E-state index contributed by atoms with van der Waals surface area (Å²) in [5.74, 6) is -0.174. The highest BCUT2D eigenvalue weighted by atomic mass is 35.5. The molecule has 2 aromatic rings. The number of benzene rings is 1. The van der Waals surface area contributed by atoms with E-state index in [0.29, 0.717) is 36.8 Å². The Labute approximate surface area is 149 Å². The van der Waals surface area contributed by atoms with Crippen molar-refractivity contribution < 1.29 is 13.2 Å². The lowest BCUT2D eigenvalue weighted by molar-refractivity contribution is 0.0747. The molecule has 0 bridgehead atoms. The predicted octanol–water partition coefficient (Wildman–Crippen LogP) is 2.01. The lowest BCUT2D eigenvalue weighted by Crippen LogP contribution is -2.48. The number of nitrogens with two attached hydrogens (primary N) is 1. The molecule has 2 heterocycles. The number of sulfonamides is 1. The van der Waals surface area contributed by atoms with Crippen molar-refractivity contribution in [3.63, 3.8) is 0 Å². The van der Waals surface area contributed by atoms with Gasteiger partial charge in [0.2, 0.25) is 10.0 Å². The third-order valence-electron chi connectivity index (χ3n) is 3.84. The standard InChI is InChI=1S/C15H16ClN3O3S2/c16-12-2-1-3-13(9-12)18-4-6-19(7-5-18)15(20)11-8-14(23-10-11)24(17,21)22/h1-3,8-10H,4-7H2,(H2,17,21,22). The molecule has 1 aliphatic heterocycles. The molecule has 1 aromatic heterocycles. The molecule has 0 radical (unpaired) electrons. The molecule has 128 valence electrons. The Morgan fingerprint density at radius 2 is 1.88 bits per heavy atom. The maximum atomic E-state index is 12.5. The Balaban J connectivity index is 1.66. The number of hydrogen-bond donors (Lipinski definition) is 1. The summed E-state index contributed by atoms with van der Waals surface area (Å²) in [7, 11) is -3.77. The molecule has 1 fully saturated rings. The van der Waals surface area contributed by atoms with E-state index >= 15 is 0 Å². The van der Waals surface area contributed by atoms with Gasteiger partial charge in [-0.25, -0.2) is 13.6 Å². The van der Waals surface area contributed by atoms with Crippen molar-refractivity contribution >= 4 is 44.6 Å². The van der Waals surface area contributed by atoms with Gasteiger partial charge in [0.15, 0.2) is 0 Å². The summed E-state index contributed by atoms with van der Waals surface area (Å²) in [6, 6.07) is 8.95. The summed E-state index contributed by atoms with van der Waals surface area (Å²) in [6.45, 7) is 2.51. The SMILES string of the molecule is NS(=O)(=O)c1cc(C(=O)N2CCN(c3cccc(Cl)c3)CC2)cs1. The molecule has 1 amide bonds. The number of anilines is 1. The maximum absolute atomic E-state index is 12.5. The van der Waals surface area contributed by atoms with Gasteiger partial charge < -0.3 is 9.80 Å². The van der Waals surface area contributed by atoms with Crippen LogP contribution in [-0.4, -0.2) is 45.4 Å². The largest absolute Gasteiger partial charge is 0.368 e. The normalized spacial score (nSPS) is 15.6. The summed E-state index contributed by atoms with van der Waals surface area (Å²) in [4.78, 5) is 16.4. The highest BCUT2D eigenvalue weighted by Crippen LogP contribution is 2.23. The molecular formula is C15H16ClN3O3S2. The van der Waals surface area contributed by atoms with Crippen LogP contribution in [0.15, 0.2) is 39.9 Å². The first-order chi connectivity index (χ1) is 11.3. The topological polar surface area (TPSA) is 83.7 Å². The van der Waals surface area contributed by atoms with Crippen molar-refractivity contribution in [2.75, 3.05) is 31.1 Å². The van der Waals surface area contributed by atoms with Gasteiger partial charge in [-0.3, -0.25) is 4.79 Å². The Kier molecular flexibility index (Phi) is 4.82. The van der Waals surface area contributed by atoms with Gasteiger partial charge in [0, 0.05) is 42.3 Å². The number of thiophene rings is 1. The van der Waals surface area contributed by atoms with Crippen LogP contribution in [0.4, 0.5) is 5.69 Å². The van der Waals surface area contributed by atoms with Crippen LogP contribution in [0.5, 0.6) is 0 Å². The molecule has 3 rings (SSSR count). The first kappa shape index (κ1) is 17.2. The lowest BCUT2D eigenvalue weighted by atomic mass is 10.2. The maximum Gasteiger partial charge on any atom is 0.254 e. The van der Waals surface area contributed by atoms with Gasteiger partial charge in [-0.05, 0) is 24.3 Å². The van der Waals surface area contributed by atoms with Crippen molar-refractivity contribution in [3.8, 4) is 0 Å².